The minimum Gasteiger partial charge on any atom is -0.497 e. The Kier molecular flexibility index (Phi) is 3.90. The van der Waals surface area contributed by atoms with Crippen LogP contribution < -0.4 is 9.64 Å². The van der Waals surface area contributed by atoms with Gasteiger partial charge in [0.15, 0.2) is 0 Å². The molecule has 4 nitrogen and oxygen atoms in total. The van der Waals surface area contributed by atoms with Gasteiger partial charge in [0.25, 0.3) is 5.91 Å². The van der Waals surface area contributed by atoms with E-state index in [0.717, 1.165) is 38.9 Å². The fraction of sp³-hybridized carbons (Fsp3) is 0.190. The van der Waals surface area contributed by atoms with Crippen molar-refractivity contribution in [2.45, 2.75) is 0 Å². The van der Waals surface area contributed by atoms with Crippen molar-refractivity contribution in [3.05, 3.63) is 60.2 Å². The van der Waals surface area contributed by atoms with E-state index in [9.17, 15) is 4.79 Å². The molecule has 0 spiro atoms. The molecule has 3 aromatic rings. The first-order valence-corrected chi connectivity index (χ1v) is 8.25. The van der Waals surface area contributed by atoms with E-state index < -0.39 is 0 Å². The average Bonchev–Trinajstić information content (AvgIpc) is 2.94. The maximum Gasteiger partial charge on any atom is 0.259 e. The first-order chi connectivity index (χ1) is 12.2. The zero-order valence-corrected chi connectivity index (χ0v) is 14.3. The van der Waals surface area contributed by atoms with Crippen LogP contribution in [0.3, 0.4) is 0 Å². The number of nitrogens with zero attached hydrogens (tertiary/aromatic N) is 1. The van der Waals surface area contributed by atoms with E-state index in [-0.39, 0.29) is 5.91 Å². The normalized spacial score (nSPS) is 12.9. The maximum atomic E-state index is 12.8. The second-order valence-corrected chi connectivity index (χ2v) is 6.04. The van der Waals surface area contributed by atoms with E-state index in [2.05, 4.69) is 12.1 Å². The van der Waals surface area contributed by atoms with Gasteiger partial charge in [0.1, 0.15) is 5.75 Å². The summed E-state index contributed by atoms with van der Waals surface area (Å²) >= 11 is 0. The number of ether oxygens (including phenoxy) is 2. The molecule has 0 atom stereocenters. The van der Waals surface area contributed by atoms with Crippen molar-refractivity contribution in [1.29, 1.82) is 0 Å². The summed E-state index contributed by atoms with van der Waals surface area (Å²) in [6, 6.07) is 18.0. The standard InChI is InChI=1S/C21H19NO3/c1-24-13-12-22-19-11-10-16(14-6-8-15(25-2)9-7-14)17-4-3-5-18(20(17)19)21(22)23/h3-11H,12-13H2,1-2H3. The van der Waals surface area contributed by atoms with Crippen molar-refractivity contribution in [3.63, 3.8) is 0 Å². The van der Waals surface area contributed by atoms with Crippen LogP contribution in [0.2, 0.25) is 0 Å². The number of amides is 1. The van der Waals surface area contributed by atoms with Crippen molar-refractivity contribution in [3.8, 4) is 16.9 Å². The van der Waals surface area contributed by atoms with Crippen molar-refractivity contribution < 1.29 is 14.3 Å². The summed E-state index contributed by atoms with van der Waals surface area (Å²) in [6.07, 6.45) is 0. The SMILES string of the molecule is COCCN1C(=O)c2cccc3c(-c4ccc(OC)cc4)ccc1c23. The zero-order valence-electron chi connectivity index (χ0n) is 14.3. The molecule has 1 aliphatic heterocycles. The zero-order chi connectivity index (χ0) is 17.4. The van der Waals surface area contributed by atoms with Gasteiger partial charge in [0.05, 0.1) is 19.4 Å². The van der Waals surface area contributed by atoms with Crippen LogP contribution >= 0.6 is 0 Å². The van der Waals surface area contributed by atoms with Crippen LogP contribution in [0, 0.1) is 0 Å². The van der Waals surface area contributed by atoms with E-state index in [1.807, 2.05) is 42.5 Å². The minimum absolute atomic E-state index is 0.0459. The highest BCUT2D eigenvalue weighted by molar-refractivity contribution is 6.26. The van der Waals surface area contributed by atoms with Crippen molar-refractivity contribution in [2.24, 2.45) is 0 Å². The highest BCUT2D eigenvalue weighted by Gasteiger charge is 2.30. The summed E-state index contributed by atoms with van der Waals surface area (Å²) in [5.74, 6) is 0.875. The van der Waals surface area contributed by atoms with E-state index in [1.165, 1.54) is 0 Å². The molecular weight excluding hydrogens is 314 g/mol. The van der Waals surface area contributed by atoms with Gasteiger partial charge >= 0.3 is 0 Å². The molecular formula is C21H19NO3. The summed E-state index contributed by atoms with van der Waals surface area (Å²) in [7, 11) is 3.31. The molecule has 25 heavy (non-hydrogen) atoms. The van der Waals surface area contributed by atoms with Crippen molar-refractivity contribution >= 4 is 22.4 Å². The minimum atomic E-state index is 0.0459. The van der Waals surface area contributed by atoms with Gasteiger partial charge < -0.3 is 14.4 Å². The molecule has 126 valence electrons. The second kappa shape index (κ2) is 6.22. The summed E-state index contributed by atoms with van der Waals surface area (Å²) in [6.45, 7) is 1.07. The Morgan fingerprint density at radius 1 is 0.920 bits per heavy atom. The monoisotopic (exact) mass is 333 g/mol. The van der Waals surface area contributed by atoms with E-state index in [4.69, 9.17) is 9.47 Å². The Morgan fingerprint density at radius 2 is 1.72 bits per heavy atom. The van der Waals surface area contributed by atoms with Gasteiger partial charge in [0.2, 0.25) is 0 Å². The van der Waals surface area contributed by atoms with Gasteiger partial charge in [-0.1, -0.05) is 30.3 Å². The predicted molar refractivity (Wildman–Crippen MR) is 99.5 cm³/mol. The van der Waals surface area contributed by atoms with Gasteiger partial charge in [-0.2, -0.15) is 0 Å². The topological polar surface area (TPSA) is 38.8 Å². The molecule has 0 saturated carbocycles. The predicted octanol–water partition coefficient (Wildman–Crippen LogP) is 4.12. The number of hydrogen-bond acceptors (Lipinski definition) is 3. The number of methoxy groups -OCH3 is 2. The van der Waals surface area contributed by atoms with Crippen LogP contribution in [0.4, 0.5) is 5.69 Å². The lowest BCUT2D eigenvalue weighted by molar-refractivity contribution is 0.0982. The van der Waals surface area contributed by atoms with Crippen LogP contribution in [0.25, 0.3) is 21.9 Å². The Morgan fingerprint density at radius 3 is 2.44 bits per heavy atom. The molecule has 0 aromatic heterocycles. The Labute approximate surface area is 146 Å². The number of carbonyl (C=O) groups excluding carboxylic acids is 1. The molecule has 0 bridgehead atoms. The molecule has 0 radical (unpaired) electrons. The number of rotatable bonds is 5. The first-order valence-electron chi connectivity index (χ1n) is 8.25. The van der Waals surface area contributed by atoms with Gasteiger partial charge in [-0.3, -0.25) is 4.79 Å². The molecule has 0 N–H and O–H groups in total. The first kappa shape index (κ1) is 15.7. The molecule has 0 unspecified atom stereocenters. The molecule has 0 fully saturated rings. The number of hydrogen-bond donors (Lipinski definition) is 0. The third kappa shape index (κ3) is 2.46. The molecule has 1 aliphatic rings. The second-order valence-electron chi connectivity index (χ2n) is 6.04. The van der Waals surface area contributed by atoms with Gasteiger partial charge in [-0.15, -0.1) is 0 Å². The van der Waals surface area contributed by atoms with Gasteiger partial charge in [-0.05, 0) is 40.8 Å². The van der Waals surface area contributed by atoms with Crippen LogP contribution in [-0.2, 0) is 4.74 Å². The van der Waals surface area contributed by atoms with Crippen LogP contribution in [0.15, 0.2) is 54.6 Å². The lowest BCUT2D eigenvalue weighted by Gasteiger charge is -2.17. The third-order valence-electron chi connectivity index (χ3n) is 4.71. The van der Waals surface area contributed by atoms with Gasteiger partial charge in [-0.25, -0.2) is 0 Å². The maximum absolute atomic E-state index is 12.8. The van der Waals surface area contributed by atoms with Gasteiger partial charge in [0, 0.05) is 24.6 Å². The van der Waals surface area contributed by atoms with Crippen LogP contribution in [-0.4, -0.2) is 33.3 Å². The lowest BCUT2D eigenvalue weighted by Crippen LogP contribution is -2.30. The summed E-state index contributed by atoms with van der Waals surface area (Å²) in [5, 5.41) is 2.12. The smallest absolute Gasteiger partial charge is 0.259 e. The van der Waals surface area contributed by atoms with Crippen LogP contribution in [0.5, 0.6) is 5.75 Å². The van der Waals surface area contributed by atoms with E-state index >= 15 is 0 Å². The fourth-order valence-electron chi connectivity index (χ4n) is 3.47. The third-order valence-corrected chi connectivity index (χ3v) is 4.71. The lowest BCUT2D eigenvalue weighted by atomic mass is 9.96. The summed E-state index contributed by atoms with van der Waals surface area (Å²) in [4.78, 5) is 14.6. The summed E-state index contributed by atoms with van der Waals surface area (Å²) < 4.78 is 10.4. The quantitative estimate of drug-likeness (QED) is 0.705. The summed E-state index contributed by atoms with van der Waals surface area (Å²) in [5.41, 5.74) is 3.95. The molecule has 3 aromatic carbocycles. The molecule has 0 saturated heterocycles. The van der Waals surface area contributed by atoms with Crippen LogP contribution in [0.1, 0.15) is 10.4 Å². The molecule has 1 heterocycles. The molecule has 4 heteroatoms. The number of carbonyl (C=O) groups is 1. The Balaban J connectivity index is 1.87. The molecule has 4 rings (SSSR count). The van der Waals surface area contributed by atoms with E-state index in [0.29, 0.717) is 13.2 Å². The number of anilines is 1. The van der Waals surface area contributed by atoms with E-state index in [1.54, 1.807) is 19.1 Å². The highest BCUT2D eigenvalue weighted by atomic mass is 16.5. The Hall–Kier alpha value is -2.85. The largest absolute Gasteiger partial charge is 0.497 e. The molecule has 1 amide bonds. The van der Waals surface area contributed by atoms with Crippen molar-refractivity contribution in [2.75, 3.05) is 32.3 Å². The number of benzene rings is 3. The molecule has 0 aliphatic carbocycles. The fourth-order valence-corrected chi connectivity index (χ4v) is 3.47. The Bertz CT molecular complexity index is 947. The van der Waals surface area contributed by atoms with Crippen molar-refractivity contribution in [1.82, 2.24) is 0 Å². The highest BCUT2D eigenvalue weighted by Crippen LogP contribution is 2.41. The average molecular weight is 333 g/mol.